The van der Waals surface area contributed by atoms with E-state index in [4.69, 9.17) is 4.74 Å². The maximum absolute atomic E-state index is 14.0. The van der Waals surface area contributed by atoms with Gasteiger partial charge in [0, 0.05) is 22.8 Å². The van der Waals surface area contributed by atoms with E-state index in [1.807, 2.05) is 25.1 Å². The van der Waals surface area contributed by atoms with Crippen LogP contribution in [0.4, 0.5) is 5.69 Å². The van der Waals surface area contributed by atoms with Gasteiger partial charge in [0.1, 0.15) is 23.6 Å². The summed E-state index contributed by atoms with van der Waals surface area (Å²) in [4.78, 5) is 57.0. The second kappa shape index (κ2) is 9.60. The van der Waals surface area contributed by atoms with Gasteiger partial charge in [0.05, 0.1) is 19.0 Å². The molecule has 1 N–H and O–H groups in total. The van der Waals surface area contributed by atoms with E-state index in [2.05, 4.69) is 0 Å². The van der Waals surface area contributed by atoms with Crippen LogP contribution in [0.25, 0.3) is 0 Å². The number of nitrogens with zero attached hydrogens (tertiary/aromatic N) is 1. The first-order valence-electron chi connectivity index (χ1n) is 12.9. The Morgan fingerprint density at radius 3 is 2.15 bits per heavy atom. The van der Waals surface area contributed by atoms with E-state index in [-0.39, 0.29) is 23.4 Å². The lowest BCUT2D eigenvalue weighted by molar-refractivity contribution is -0.871. The maximum atomic E-state index is 14.0. The summed E-state index contributed by atoms with van der Waals surface area (Å²) in [7, 11) is 1.55. The largest absolute Gasteiger partial charge is 0.497 e. The van der Waals surface area contributed by atoms with E-state index in [0.29, 0.717) is 33.0 Å². The first-order chi connectivity index (χ1) is 18.9. The fraction of sp³-hybridized carbons (Fsp3) is 0.188. The predicted octanol–water partition coefficient (Wildman–Crippen LogP) is 2.96. The molecule has 0 radical (unpaired) electrons. The number of ketones is 2. The summed E-state index contributed by atoms with van der Waals surface area (Å²) in [5, 5.41) is 0. The number of carbonyl (C=O) groups excluding carboxylic acids is 4. The second-order valence-corrected chi connectivity index (χ2v) is 10.1. The predicted molar refractivity (Wildman–Crippen MR) is 145 cm³/mol. The van der Waals surface area contributed by atoms with Crippen molar-refractivity contribution in [2.45, 2.75) is 19.0 Å². The Bertz CT molecular complexity index is 1540. The molecule has 0 bridgehead atoms. The van der Waals surface area contributed by atoms with Crippen molar-refractivity contribution in [2.24, 2.45) is 11.8 Å². The molecule has 7 nitrogen and oxygen atoms in total. The zero-order chi connectivity index (χ0) is 27.3. The Kier molecular flexibility index (Phi) is 6.08. The van der Waals surface area contributed by atoms with Gasteiger partial charge in [0.15, 0.2) is 11.8 Å². The molecule has 0 saturated carbocycles. The lowest BCUT2D eigenvalue weighted by atomic mass is 9.85. The number of ether oxygens (including phenoxy) is 1. The van der Waals surface area contributed by atoms with Gasteiger partial charge in [-0.3, -0.25) is 24.1 Å². The summed E-state index contributed by atoms with van der Waals surface area (Å²) in [5.41, 5.74) is 2.90. The number of aryl methyl sites for hydroxylation is 1. The van der Waals surface area contributed by atoms with Crippen molar-refractivity contribution in [3.8, 4) is 5.75 Å². The number of rotatable bonds is 6. The number of hydrogen-bond acceptors (Lipinski definition) is 5. The van der Waals surface area contributed by atoms with Gasteiger partial charge in [-0.1, -0.05) is 48.0 Å². The molecule has 194 valence electrons. The van der Waals surface area contributed by atoms with Crippen molar-refractivity contribution in [2.75, 3.05) is 12.0 Å². The number of Topliss-reactive ketones (excluding diaryl/α,β-unsaturated/α-hetero) is 2. The van der Waals surface area contributed by atoms with Crippen LogP contribution < -0.4 is 14.5 Å². The Morgan fingerprint density at radius 1 is 0.821 bits per heavy atom. The fourth-order valence-electron chi connectivity index (χ4n) is 6.02. The lowest BCUT2D eigenvalue weighted by Gasteiger charge is -2.28. The smallest absolute Gasteiger partial charge is 0.244 e. The molecule has 0 aromatic heterocycles. The number of hydrogen-bond donors (Lipinski definition) is 1. The lowest BCUT2D eigenvalue weighted by Crippen LogP contribution is -3.15. The van der Waals surface area contributed by atoms with Gasteiger partial charge in [-0.15, -0.1) is 0 Å². The Labute approximate surface area is 226 Å². The van der Waals surface area contributed by atoms with Crippen molar-refractivity contribution in [1.82, 2.24) is 0 Å². The summed E-state index contributed by atoms with van der Waals surface area (Å²) in [5.74, 6) is -2.15. The van der Waals surface area contributed by atoms with Crippen LogP contribution in [0.1, 0.15) is 26.3 Å². The number of methoxy groups -OCH3 is 1. The average molecular weight is 520 g/mol. The Morgan fingerprint density at radius 2 is 1.49 bits per heavy atom. The number of fused-ring (bicyclic) bond motifs is 3. The van der Waals surface area contributed by atoms with Crippen molar-refractivity contribution in [1.29, 1.82) is 0 Å². The number of quaternary nitrogens is 1. The molecule has 0 spiro atoms. The molecule has 39 heavy (non-hydrogen) atoms. The van der Waals surface area contributed by atoms with Crippen molar-refractivity contribution in [3.05, 3.63) is 119 Å². The van der Waals surface area contributed by atoms with E-state index in [1.54, 1.807) is 86.1 Å². The van der Waals surface area contributed by atoms with Gasteiger partial charge < -0.3 is 4.74 Å². The summed E-state index contributed by atoms with van der Waals surface area (Å²) in [6.45, 7) is 1.93. The summed E-state index contributed by atoms with van der Waals surface area (Å²) in [6.07, 6.45) is 5.23. The molecule has 1 unspecified atom stereocenters. The molecule has 3 aliphatic rings. The van der Waals surface area contributed by atoms with Crippen LogP contribution in [0.5, 0.6) is 5.75 Å². The third-order valence-corrected chi connectivity index (χ3v) is 7.95. The molecular formula is C32H27N2O5+. The normalized spacial score (nSPS) is 25.2. The molecule has 0 aliphatic carbocycles. The van der Waals surface area contributed by atoms with Gasteiger partial charge in [-0.2, -0.15) is 0 Å². The molecule has 3 aromatic rings. The number of anilines is 1. The molecule has 5 atom stereocenters. The average Bonchev–Trinajstić information content (AvgIpc) is 3.44. The molecule has 6 rings (SSSR count). The van der Waals surface area contributed by atoms with E-state index >= 15 is 0 Å². The highest BCUT2D eigenvalue weighted by molar-refractivity contribution is 6.24. The second-order valence-electron chi connectivity index (χ2n) is 10.1. The SMILES string of the molecule is COc1ccc(C(=O)[C@@H]2[C@@H]3C(=O)N(c4ccc(C)cc4)C(=O)[C@H]3[C@H]3C=C(C(=O)c4ccccc4)C=C[NH+]32)cc1. The number of allylic oxidation sites excluding steroid dienone is 2. The molecule has 2 saturated heterocycles. The number of nitrogens with one attached hydrogen (secondary N) is 1. The quantitative estimate of drug-likeness (QED) is 0.400. The summed E-state index contributed by atoms with van der Waals surface area (Å²) in [6, 6.07) is 21.5. The van der Waals surface area contributed by atoms with Crippen LogP contribution in [-0.2, 0) is 9.59 Å². The van der Waals surface area contributed by atoms with Crippen molar-refractivity contribution in [3.63, 3.8) is 0 Å². The van der Waals surface area contributed by atoms with Crippen LogP contribution in [0.2, 0.25) is 0 Å². The molecule has 2 fully saturated rings. The molecule has 2 amide bonds. The summed E-state index contributed by atoms with van der Waals surface area (Å²) >= 11 is 0. The van der Waals surface area contributed by atoms with E-state index in [1.165, 1.54) is 4.90 Å². The maximum Gasteiger partial charge on any atom is 0.244 e. The molecule has 3 aliphatic heterocycles. The third-order valence-electron chi connectivity index (χ3n) is 7.95. The fourth-order valence-corrected chi connectivity index (χ4v) is 6.02. The molecule has 3 heterocycles. The zero-order valence-electron chi connectivity index (χ0n) is 21.5. The minimum absolute atomic E-state index is 0.167. The molecular weight excluding hydrogens is 492 g/mol. The van der Waals surface area contributed by atoms with E-state index in [0.717, 1.165) is 5.56 Å². The van der Waals surface area contributed by atoms with Crippen LogP contribution in [-0.4, -0.2) is 42.6 Å². The van der Waals surface area contributed by atoms with E-state index < -0.39 is 23.9 Å². The highest BCUT2D eigenvalue weighted by Gasteiger charge is 2.67. The van der Waals surface area contributed by atoms with Crippen LogP contribution in [0.15, 0.2) is 103 Å². The summed E-state index contributed by atoms with van der Waals surface area (Å²) < 4.78 is 5.23. The van der Waals surface area contributed by atoms with Crippen LogP contribution >= 0.6 is 0 Å². The zero-order valence-corrected chi connectivity index (χ0v) is 21.5. The highest BCUT2D eigenvalue weighted by Crippen LogP contribution is 2.40. The van der Waals surface area contributed by atoms with Gasteiger partial charge in [-0.05, 0) is 49.4 Å². The number of benzene rings is 3. The van der Waals surface area contributed by atoms with Gasteiger partial charge in [0.2, 0.25) is 17.6 Å². The topological polar surface area (TPSA) is 85.2 Å². The Balaban J connectivity index is 1.42. The van der Waals surface area contributed by atoms with Crippen molar-refractivity contribution < 1.29 is 28.8 Å². The number of imide groups is 1. The first-order valence-corrected chi connectivity index (χ1v) is 12.9. The van der Waals surface area contributed by atoms with Crippen LogP contribution in [0, 0.1) is 18.8 Å². The van der Waals surface area contributed by atoms with Crippen molar-refractivity contribution >= 4 is 29.1 Å². The number of amides is 2. The molecule has 7 heteroatoms. The van der Waals surface area contributed by atoms with Gasteiger partial charge >= 0.3 is 0 Å². The number of carbonyl (C=O) groups is 4. The Hall–Kier alpha value is -4.62. The minimum atomic E-state index is -0.861. The standard InChI is InChI=1S/C32H26N2O5/c1-19-8-12-23(13-9-19)34-31(37)26-25-18-22(29(35)20-6-4-3-5-7-20)16-17-33(25)28(27(26)32(34)38)30(36)21-10-14-24(39-2)15-11-21/h3-18,25-28H,1-2H3/p+1/t25-,26+,27-,28+/m1/s1. The minimum Gasteiger partial charge on any atom is -0.497 e. The third kappa shape index (κ3) is 4.02. The van der Waals surface area contributed by atoms with E-state index in [9.17, 15) is 19.2 Å². The van der Waals surface area contributed by atoms with Gasteiger partial charge in [0.25, 0.3) is 0 Å². The first kappa shape index (κ1) is 24.7. The van der Waals surface area contributed by atoms with Crippen LogP contribution in [0.3, 0.4) is 0 Å². The monoisotopic (exact) mass is 519 g/mol. The van der Waals surface area contributed by atoms with Gasteiger partial charge in [-0.25, -0.2) is 4.90 Å². The highest BCUT2D eigenvalue weighted by atomic mass is 16.5. The molecule has 3 aromatic carbocycles.